The molecule has 0 saturated heterocycles. The van der Waals surface area contributed by atoms with Gasteiger partial charge >= 0.3 is 0 Å². The summed E-state index contributed by atoms with van der Waals surface area (Å²) in [4.78, 5) is 11.8. The van der Waals surface area contributed by atoms with Crippen LogP contribution in [0.25, 0.3) is 0 Å². The number of aliphatic hydroxyl groups excluding tert-OH is 1. The fraction of sp³-hybridized carbons (Fsp3) is 0.188. The third-order valence-corrected chi connectivity index (χ3v) is 3.65. The molecule has 0 spiro atoms. The van der Waals surface area contributed by atoms with E-state index in [1.54, 1.807) is 0 Å². The number of hydrogen-bond acceptors (Lipinski definition) is 3. The Balaban J connectivity index is 1.76. The molecular weight excluding hydrogens is 332 g/mol. The van der Waals surface area contributed by atoms with Crippen LogP contribution in [0.4, 0.5) is 5.69 Å². The maximum absolute atomic E-state index is 11.8. The second-order valence-electron chi connectivity index (χ2n) is 4.59. The molecule has 1 amide bonds. The molecule has 3 N–H and O–H groups in total. The van der Waals surface area contributed by atoms with Gasteiger partial charge in [-0.1, -0.05) is 42.5 Å². The topological polar surface area (TPSA) is 61.4 Å². The Morgan fingerprint density at radius 1 is 1.10 bits per heavy atom. The van der Waals surface area contributed by atoms with Crippen molar-refractivity contribution in [1.29, 1.82) is 0 Å². The number of aliphatic hydroxyl groups is 1. The number of para-hydroxylation sites is 1. The van der Waals surface area contributed by atoms with Gasteiger partial charge in [-0.3, -0.25) is 4.79 Å². The van der Waals surface area contributed by atoms with Gasteiger partial charge < -0.3 is 15.7 Å². The first-order valence-electron chi connectivity index (χ1n) is 6.65. The van der Waals surface area contributed by atoms with Crippen LogP contribution in [0, 0.1) is 0 Å². The van der Waals surface area contributed by atoms with E-state index < -0.39 is 6.10 Å². The predicted molar refractivity (Wildman–Crippen MR) is 87.0 cm³/mol. The standard InChI is InChI=1S/C16H17BrN2O2/c17-13-8-4-5-9-14(13)19-16(21)11-18-10-15(20)12-6-2-1-3-7-12/h1-9,15,18,20H,10-11H2,(H,19,21). The zero-order valence-corrected chi connectivity index (χ0v) is 13.0. The Morgan fingerprint density at radius 2 is 1.76 bits per heavy atom. The largest absolute Gasteiger partial charge is 0.387 e. The van der Waals surface area contributed by atoms with E-state index in [4.69, 9.17) is 0 Å². The lowest BCUT2D eigenvalue weighted by Crippen LogP contribution is -2.31. The van der Waals surface area contributed by atoms with Crippen LogP contribution in [0.1, 0.15) is 11.7 Å². The van der Waals surface area contributed by atoms with Crippen molar-refractivity contribution in [2.75, 3.05) is 18.4 Å². The van der Waals surface area contributed by atoms with Gasteiger partial charge in [-0.2, -0.15) is 0 Å². The summed E-state index contributed by atoms with van der Waals surface area (Å²) in [5, 5.41) is 15.7. The van der Waals surface area contributed by atoms with Crippen LogP contribution >= 0.6 is 15.9 Å². The molecule has 5 heteroatoms. The summed E-state index contributed by atoms with van der Waals surface area (Å²) in [5.74, 6) is -0.151. The van der Waals surface area contributed by atoms with Gasteiger partial charge in [-0.05, 0) is 33.6 Å². The lowest BCUT2D eigenvalue weighted by Gasteiger charge is -2.12. The molecule has 1 atom stereocenters. The number of carbonyl (C=O) groups excluding carboxylic acids is 1. The van der Waals surface area contributed by atoms with Crippen molar-refractivity contribution in [3.63, 3.8) is 0 Å². The highest BCUT2D eigenvalue weighted by Crippen LogP contribution is 2.20. The maximum atomic E-state index is 11.8. The molecule has 0 bridgehead atoms. The van der Waals surface area contributed by atoms with Gasteiger partial charge in [0.05, 0.1) is 18.3 Å². The molecule has 0 fully saturated rings. The first kappa shape index (κ1) is 15.7. The third kappa shape index (κ3) is 4.97. The lowest BCUT2D eigenvalue weighted by atomic mass is 10.1. The minimum Gasteiger partial charge on any atom is -0.387 e. The molecule has 0 aromatic heterocycles. The zero-order valence-electron chi connectivity index (χ0n) is 11.4. The van der Waals surface area contributed by atoms with E-state index in [2.05, 4.69) is 26.6 Å². The number of anilines is 1. The molecule has 21 heavy (non-hydrogen) atoms. The predicted octanol–water partition coefficient (Wildman–Crippen LogP) is 2.71. The van der Waals surface area contributed by atoms with Crippen LogP contribution in [0.3, 0.4) is 0 Å². The summed E-state index contributed by atoms with van der Waals surface area (Å²) in [5.41, 5.74) is 1.56. The van der Waals surface area contributed by atoms with Crippen molar-refractivity contribution in [2.45, 2.75) is 6.10 Å². The normalized spacial score (nSPS) is 11.9. The summed E-state index contributed by atoms with van der Waals surface area (Å²) in [6.07, 6.45) is -0.623. The van der Waals surface area contributed by atoms with E-state index in [1.165, 1.54) is 0 Å². The Morgan fingerprint density at radius 3 is 2.48 bits per heavy atom. The quantitative estimate of drug-likeness (QED) is 0.752. The van der Waals surface area contributed by atoms with Crippen molar-refractivity contribution in [2.24, 2.45) is 0 Å². The van der Waals surface area contributed by atoms with Crippen molar-refractivity contribution in [3.8, 4) is 0 Å². The molecule has 0 heterocycles. The fourth-order valence-electron chi connectivity index (χ4n) is 1.87. The van der Waals surface area contributed by atoms with Gasteiger partial charge in [0.2, 0.25) is 5.91 Å². The Bertz CT molecular complexity index is 590. The van der Waals surface area contributed by atoms with Crippen LogP contribution in [-0.2, 0) is 4.79 Å². The second kappa shape index (κ2) is 7.93. The molecule has 4 nitrogen and oxygen atoms in total. The third-order valence-electron chi connectivity index (χ3n) is 2.96. The van der Waals surface area contributed by atoms with Gasteiger partial charge in [0.25, 0.3) is 0 Å². The number of amides is 1. The molecule has 2 aromatic rings. The molecule has 110 valence electrons. The second-order valence-corrected chi connectivity index (χ2v) is 5.44. The fourth-order valence-corrected chi connectivity index (χ4v) is 2.26. The van der Waals surface area contributed by atoms with E-state index in [1.807, 2.05) is 54.6 Å². The van der Waals surface area contributed by atoms with E-state index in [9.17, 15) is 9.90 Å². The molecule has 0 radical (unpaired) electrons. The smallest absolute Gasteiger partial charge is 0.238 e. The Labute approximate surface area is 132 Å². The average molecular weight is 349 g/mol. The van der Waals surface area contributed by atoms with Gasteiger partial charge in [0, 0.05) is 11.0 Å². The monoisotopic (exact) mass is 348 g/mol. The number of rotatable bonds is 6. The number of hydrogen-bond donors (Lipinski definition) is 3. The molecule has 1 unspecified atom stereocenters. The van der Waals surface area contributed by atoms with Gasteiger partial charge in [-0.25, -0.2) is 0 Å². The molecule has 0 aliphatic heterocycles. The van der Waals surface area contributed by atoms with Crippen molar-refractivity contribution >= 4 is 27.5 Å². The molecular formula is C16H17BrN2O2. The number of halogens is 1. The molecule has 2 rings (SSSR count). The van der Waals surface area contributed by atoms with Gasteiger partial charge in [-0.15, -0.1) is 0 Å². The first-order valence-corrected chi connectivity index (χ1v) is 7.44. The van der Waals surface area contributed by atoms with E-state index in [0.29, 0.717) is 6.54 Å². The number of benzene rings is 2. The van der Waals surface area contributed by atoms with Gasteiger partial charge in [0.15, 0.2) is 0 Å². The lowest BCUT2D eigenvalue weighted by molar-refractivity contribution is -0.115. The highest BCUT2D eigenvalue weighted by Gasteiger charge is 2.08. The van der Waals surface area contributed by atoms with E-state index in [-0.39, 0.29) is 12.5 Å². The highest BCUT2D eigenvalue weighted by molar-refractivity contribution is 9.10. The van der Waals surface area contributed by atoms with Crippen LogP contribution in [0.2, 0.25) is 0 Å². The van der Waals surface area contributed by atoms with Crippen LogP contribution < -0.4 is 10.6 Å². The summed E-state index contributed by atoms with van der Waals surface area (Å²) >= 11 is 3.37. The molecule has 0 saturated carbocycles. The minimum atomic E-state index is -0.623. The van der Waals surface area contributed by atoms with Gasteiger partial charge in [0.1, 0.15) is 0 Å². The Kier molecular flexibility index (Phi) is 5.92. The highest BCUT2D eigenvalue weighted by atomic mass is 79.9. The summed E-state index contributed by atoms with van der Waals surface area (Å²) in [6.45, 7) is 0.471. The Hall–Kier alpha value is -1.69. The average Bonchev–Trinajstić information content (AvgIpc) is 2.50. The minimum absolute atomic E-state index is 0.144. The number of nitrogens with one attached hydrogen (secondary N) is 2. The first-order chi connectivity index (χ1) is 10.2. The van der Waals surface area contributed by atoms with Crippen LogP contribution in [0.5, 0.6) is 0 Å². The summed E-state index contributed by atoms with van der Waals surface area (Å²) in [6, 6.07) is 16.8. The maximum Gasteiger partial charge on any atom is 0.238 e. The van der Waals surface area contributed by atoms with Crippen molar-refractivity contribution in [1.82, 2.24) is 5.32 Å². The molecule has 0 aliphatic rings. The van der Waals surface area contributed by atoms with Crippen LogP contribution in [-0.4, -0.2) is 24.1 Å². The SMILES string of the molecule is O=C(CNCC(O)c1ccccc1)Nc1ccccc1Br. The van der Waals surface area contributed by atoms with Crippen LogP contribution in [0.15, 0.2) is 59.1 Å². The van der Waals surface area contributed by atoms with Crippen molar-refractivity contribution < 1.29 is 9.90 Å². The van der Waals surface area contributed by atoms with E-state index in [0.717, 1.165) is 15.7 Å². The van der Waals surface area contributed by atoms with E-state index >= 15 is 0 Å². The zero-order chi connectivity index (χ0) is 15.1. The van der Waals surface area contributed by atoms with Crippen molar-refractivity contribution in [3.05, 3.63) is 64.6 Å². The molecule has 2 aromatic carbocycles. The summed E-state index contributed by atoms with van der Waals surface area (Å²) in [7, 11) is 0. The molecule has 0 aliphatic carbocycles. The number of carbonyl (C=O) groups is 1. The summed E-state index contributed by atoms with van der Waals surface area (Å²) < 4.78 is 0.836.